The number of ether oxygens (including phenoxy) is 1. The van der Waals surface area contributed by atoms with Crippen molar-refractivity contribution in [3.05, 3.63) is 35.4 Å². The number of ketones is 1. The molecule has 1 heterocycles. The first-order valence-corrected chi connectivity index (χ1v) is 6.26. The number of hydrogen-bond donors (Lipinski definition) is 0. The fourth-order valence-electron chi connectivity index (χ4n) is 3.04. The Balaban J connectivity index is 1.97. The van der Waals surface area contributed by atoms with Gasteiger partial charge in [0, 0.05) is 5.56 Å². The number of aryl methyl sites for hydroxylation is 1. The van der Waals surface area contributed by atoms with Gasteiger partial charge in [-0.25, -0.2) is 0 Å². The van der Waals surface area contributed by atoms with Crippen molar-refractivity contribution in [1.29, 1.82) is 0 Å². The van der Waals surface area contributed by atoms with E-state index < -0.39 is 5.60 Å². The van der Waals surface area contributed by atoms with E-state index in [1.807, 2.05) is 18.2 Å². The summed E-state index contributed by atoms with van der Waals surface area (Å²) in [5, 5.41) is 0. The molecule has 1 aliphatic carbocycles. The lowest BCUT2D eigenvalue weighted by molar-refractivity contribution is 0.0850. The second-order valence-corrected chi connectivity index (χ2v) is 6.24. The van der Waals surface area contributed by atoms with Crippen LogP contribution in [0.15, 0.2) is 24.3 Å². The summed E-state index contributed by atoms with van der Waals surface area (Å²) in [4.78, 5) is 12.5. The SMILES string of the molecule is CC(C)(C)[C@@H]1O[C@@]12CCc1ccccc1C2=O. The summed E-state index contributed by atoms with van der Waals surface area (Å²) in [7, 11) is 0. The van der Waals surface area contributed by atoms with Crippen LogP contribution in [0.3, 0.4) is 0 Å². The normalized spacial score (nSPS) is 31.5. The first-order valence-electron chi connectivity index (χ1n) is 6.26. The summed E-state index contributed by atoms with van der Waals surface area (Å²) in [6, 6.07) is 7.91. The number of hydrogen-bond acceptors (Lipinski definition) is 2. The number of rotatable bonds is 0. The van der Waals surface area contributed by atoms with Gasteiger partial charge in [0.2, 0.25) is 0 Å². The molecule has 1 aromatic rings. The molecule has 2 aliphatic rings. The summed E-state index contributed by atoms with van der Waals surface area (Å²) in [6.45, 7) is 6.42. The van der Waals surface area contributed by atoms with Crippen LogP contribution in [0.5, 0.6) is 0 Å². The Morgan fingerprint density at radius 2 is 2.00 bits per heavy atom. The van der Waals surface area contributed by atoms with E-state index in [2.05, 4.69) is 26.8 Å². The summed E-state index contributed by atoms with van der Waals surface area (Å²) in [5.74, 6) is 0.194. The van der Waals surface area contributed by atoms with Gasteiger partial charge in [-0.15, -0.1) is 0 Å². The van der Waals surface area contributed by atoms with E-state index in [-0.39, 0.29) is 17.3 Å². The number of benzene rings is 1. The zero-order valence-electron chi connectivity index (χ0n) is 10.6. The van der Waals surface area contributed by atoms with Gasteiger partial charge < -0.3 is 4.74 Å². The molecule has 0 radical (unpaired) electrons. The third kappa shape index (κ3) is 1.47. The van der Waals surface area contributed by atoms with Gasteiger partial charge in [-0.2, -0.15) is 0 Å². The average molecular weight is 230 g/mol. The van der Waals surface area contributed by atoms with E-state index in [0.717, 1.165) is 18.4 Å². The van der Waals surface area contributed by atoms with Gasteiger partial charge >= 0.3 is 0 Å². The molecular weight excluding hydrogens is 212 g/mol. The van der Waals surface area contributed by atoms with Crippen LogP contribution in [-0.2, 0) is 11.2 Å². The van der Waals surface area contributed by atoms with Gasteiger partial charge in [0.05, 0.1) is 0 Å². The predicted octanol–water partition coefficient (Wildman–Crippen LogP) is 3.00. The van der Waals surface area contributed by atoms with Crippen molar-refractivity contribution in [1.82, 2.24) is 0 Å². The smallest absolute Gasteiger partial charge is 0.197 e. The van der Waals surface area contributed by atoms with E-state index in [9.17, 15) is 4.79 Å². The summed E-state index contributed by atoms with van der Waals surface area (Å²) in [6.07, 6.45) is 1.87. The monoisotopic (exact) mass is 230 g/mol. The van der Waals surface area contributed by atoms with Crippen LogP contribution in [0.1, 0.15) is 43.1 Å². The molecule has 0 unspecified atom stereocenters. The van der Waals surface area contributed by atoms with Gasteiger partial charge in [0.25, 0.3) is 0 Å². The molecule has 0 amide bonds. The van der Waals surface area contributed by atoms with Crippen LogP contribution < -0.4 is 0 Å². The molecule has 1 aliphatic heterocycles. The van der Waals surface area contributed by atoms with Gasteiger partial charge in [0.1, 0.15) is 6.10 Å². The Morgan fingerprint density at radius 3 is 2.65 bits per heavy atom. The highest BCUT2D eigenvalue weighted by Crippen LogP contribution is 2.53. The maximum absolute atomic E-state index is 12.5. The van der Waals surface area contributed by atoms with Gasteiger partial charge in [-0.1, -0.05) is 45.0 Å². The fraction of sp³-hybridized carbons (Fsp3) is 0.533. The number of fused-ring (bicyclic) bond motifs is 1. The highest BCUT2D eigenvalue weighted by atomic mass is 16.6. The van der Waals surface area contributed by atoms with E-state index in [0.29, 0.717) is 0 Å². The molecule has 3 rings (SSSR count). The molecule has 0 saturated carbocycles. The molecule has 1 saturated heterocycles. The van der Waals surface area contributed by atoms with E-state index in [1.165, 1.54) is 5.56 Å². The second-order valence-electron chi connectivity index (χ2n) is 6.24. The summed E-state index contributed by atoms with van der Waals surface area (Å²) in [5.41, 5.74) is 1.57. The second kappa shape index (κ2) is 3.20. The highest BCUT2D eigenvalue weighted by Gasteiger charge is 2.66. The Morgan fingerprint density at radius 1 is 1.29 bits per heavy atom. The van der Waals surface area contributed by atoms with Crippen LogP contribution >= 0.6 is 0 Å². The molecule has 1 spiro atoms. The molecule has 0 N–H and O–H groups in total. The molecule has 2 atom stereocenters. The van der Waals surface area contributed by atoms with Crippen molar-refractivity contribution in [2.45, 2.75) is 45.3 Å². The van der Waals surface area contributed by atoms with Crippen molar-refractivity contribution >= 4 is 5.78 Å². The first kappa shape index (κ1) is 11.0. The maximum atomic E-state index is 12.5. The van der Waals surface area contributed by atoms with Crippen LogP contribution in [0.25, 0.3) is 0 Å². The molecule has 90 valence electrons. The Labute approximate surface area is 102 Å². The van der Waals surface area contributed by atoms with Crippen molar-refractivity contribution in [2.75, 3.05) is 0 Å². The van der Waals surface area contributed by atoms with Crippen molar-refractivity contribution < 1.29 is 9.53 Å². The average Bonchev–Trinajstić information content (AvgIpc) is 3.00. The number of epoxide rings is 1. The summed E-state index contributed by atoms with van der Waals surface area (Å²) < 4.78 is 5.83. The van der Waals surface area contributed by atoms with Crippen LogP contribution in [-0.4, -0.2) is 17.5 Å². The fourth-order valence-corrected chi connectivity index (χ4v) is 3.04. The minimum atomic E-state index is -0.507. The molecular formula is C15H18O2. The topological polar surface area (TPSA) is 29.6 Å². The lowest BCUT2D eigenvalue weighted by Gasteiger charge is -2.24. The zero-order valence-corrected chi connectivity index (χ0v) is 10.6. The van der Waals surface area contributed by atoms with Crippen molar-refractivity contribution in [3.63, 3.8) is 0 Å². The predicted molar refractivity (Wildman–Crippen MR) is 66.2 cm³/mol. The minimum absolute atomic E-state index is 0.0436. The van der Waals surface area contributed by atoms with Gasteiger partial charge in [0.15, 0.2) is 11.4 Å². The lowest BCUT2D eigenvalue weighted by Crippen LogP contribution is -2.36. The zero-order chi connectivity index (χ0) is 12.3. The van der Waals surface area contributed by atoms with Gasteiger partial charge in [-0.05, 0) is 23.8 Å². The van der Waals surface area contributed by atoms with Crippen LogP contribution in [0.4, 0.5) is 0 Å². The molecule has 1 fully saturated rings. The summed E-state index contributed by atoms with van der Waals surface area (Å²) >= 11 is 0. The molecule has 0 bridgehead atoms. The molecule has 0 aromatic heterocycles. The third-order valence-corrected chi connectivity index (χ3v) is 3.89. The van der Waals surface area contributed by atoms with Gasteiger partial charge in [-0.3, -0.25) is 4.79 Å². The van der Waals surface area contributed by atoms with E-state index in [1.54, 1.807) is 0 Å². The standard InChI is InChI=1S/C15H18O2/c1-14(2,3)13-15(17-13)9-8-10-6-4-5-7-11(10)12(15)16/h4-7,13H,8-9H2,1-3H3/t13-,15+/m0/s1. The van der Waals surface area contributed by atoms with Crippen molar-refractivity contribution in [3.8, 4) is 0 Å². The lowest BCUT2D eigenvalue weighted by atomic mass is 9.75. The molecule has 17 heavy (non-hydrogen) atoms. The Bertz CT molecular complexity index is 484. The van der Waals surface area contributed by atoms with E-state index in [4.69, 9.17) is 4.74 Å². The van der Waals surface area contributed by atoms with Crippen LogP contribution in [0, 0.1) is 5.41 Å². The molecule has 2 nitrogen and oxygen atoms in total. The van der Waals surface area contributed by atoms with Crippen LogP contribution in [0.2, 0.25) is 0 Å². The Hall–Kier alpha value is -1.15. The molecule has 2 heteroatoms. The third-order valence-electron chi connectivity index (χ3n) is 3.89. The maximum Gasteiger partial charge on any atom is 0.197 e. The van der Waals surface area contributed by atoms with E-state index >= 15 is 0 Å². The highest BCUT2D eigenvalue weighted by molar-refractivity contribution is 6.07. The quantitative estimate of drug-likeness (QED) is 0.641. The largest absolute Gasteiger partial charge is 0.357 e. The van der Waals surface area contributed by atoms with Crippen molar-refractivity contribution in [2.24, 2.45) is 5.41 Å². The number of carbonyl (C=O) groups excluding carboxylic acids is 1. The first-order chi connectivity index (χ1) is 7.95. The molecule has 1 aromatic carbocycles. The Kier molecular flexibility index (Phi) is 2.06. The number of carbonyl (C=O) groups is 1. The minimum Gasteiger partial charge on any atom is -0.357 e. The number of Topliss-reactive ketones (excluding diaryl/α,β-unsaturated/α-hetero) is 1.